The molecule has 0 aliphatic heterocycles. The van der Waals surface area contributed by atoms with E-state index in [9.17, 15) is 4.79 Å². The molecule has 7 nitrogen and oxygen atoms in total. The molecule has 0 unspecified atom stereocenters. The van der Waals surface area contributed by atoms with Crippen LogP contribution >= 0.6 is 0 Å². The number of nitrogens with one attached hydrogen (secondary N) is 2. The van der Waals surface area contributed by atoms with Crippen molar-refractivity contribution in [2.75, 3.05) is 17.7 Å². The number of rotatable bonds is 3. The molecule has 0 bridgehead atoms. The van der Waals surface area contributed by atoms with E-state index in [1.807, 2.05) is 24.3 Å². The van der Waals surface area contributed by atoms with Crippen LogP contribution < -0.4 is 10.6 Å². The number of nitrogens with zero attached hydrogens (tertiary/aromatic N) is 4. The van der Waals surface area contributed by atoms with Gasteiger partial charge in [-0.05, 0) is 5.39 Å². The minimum absolute atomic E-state index is 0.266. The molecule has 0 fully saturated rings. The van der Waals surface area contributed by atoms with E-state index >= 15 is 0 Å². The van der Waals surface area contributed by atoms with Gasteiger partial charge in [-0.25, -0.2) is 9.67 Å². The molecule has 0 aliphatic rings. The molecule has 3 aromatic rings. The number of pyridine rings is 1. The molecular formula is C14H14N6O. The number of aryl methyl sites for hydroxylation is 1. The van der Waals surface area contributed by atoms with Crippen molar-refractivity contribution in [2.24, 2.45) is 7.05 Å². The van der Waals surface area contributed by atoms with E-state index in [0.717, 1.165) is 16.6 Å². The average molecular weight is 282 g/mol. The van der Waals surface area contributed by atoms with E-state index in [0.29, 0.717) is 11.5 Å². The molecule has 0 radical (unpaired) electrons. The number of carbonyl (C=O) groups is 1. The molecule has 2 aromatic heterocycles. The summed E-state index contributed by atoms with van der Waals surface area (Å²) in [6.07, 6.45) is 2.94. The molecule has 0 saturated heterocycles. The van der Waals surface area contributed by atoms with Gasteiger partial charge in [0, 0.05) is 25.7 Å². The van der Waals surface area contributed by atoms with E-state index in [-0.39, 0.29) is 5.91 Å². The van der Waals surface area contributed by atoms with Crippen LogP contribution in [-0.4, -0.2) is 32.7 Å². The molecule has 7 heteroatoms. The Morgan fingerprint density at radius 3 is 2.62 bits per heavy atom. The maximum Gasteiger partial charge on any atom is 0.260 e. The van der Waals surface area contributed by atoms with Gasteiger partial charge in [0.25, 0.3) is 5.91 Å². The van der Waals surface area contributed by atoms with Crippen molar-refractivity contribution in [2.45, 2.75) is 0 Å². The summed E-state index contributed by atoms with van der Waals surface area (Å²) in [6.45, 7) is 0. The van der Waals surface area contributed by atoms with Crippen LogP contribution in [0.2, 0.25) is 0 Å². The first kappa shape index (κ1) is 13.0. The second kappa shape index (κ2) is 5.20. The lowest BCUT2D eigenvalue weighted by atomic mass is 10.1. The third-order valence-electron chi connectivity index (χ3n) is 3.21. The first-order chi connectivity index (χ1) is 10.2. The number of benzene rings is 1. The zero-order chi connectivity index (χ0) is 14.8. The number of fused-ring (bicyclic) bond motifs is 1. The smallest absolute Gasteiger partial charge is 0.260 e. The van der Waals surface area contributed by atoms with Crippen molar-refractivity contribution in [1.82, 2.24) is 19.7 Å². The van der Waals surface area contributed by atoms with Crippen LogP contribution in [0, 0.1) is 0 Å². The Hall–Kier alpha value is -2.96. The van der Waals surface area contributed by atoms with Gasteiger partial charge in [0.15, 0.2) is 0 Å². The van der Waals surface area contributed by atoms with Crippen LogP contribution in [-0.2, 0) is 7.05 Å². The van der Waals surface area contributed by atoms with Crippen LogP contribution in [0.3, 0.4) is 0 Å². The lowest BCUT2D eigenvalue weighted by Crippen LogP contribution is -2.16. The third kappa shape index (κ3) is 2.29. The number of hydrogen-bond donors (Lipinski definition) is 2. The van der Waals surface area contributed by atoms with Crippen LogP contribution in [0.4, 0.5) is 11.8 Å². The molecule has 2 N–H and O–H groups in total. The van der Waals surface area contributed by atoms with Gasteiger partial charge < -0.3 is 5.32 Å². The van der Waals surface area contributed by atoms with Gasteiger partial charge in [-0.15, -0.1) is 0 Å². The third-order valence-corrected chi connectivity index (χ3v) is 3.21. The number of aromatic nitrogens is 4. The fourth-order valence-corrected chi connectivity index (χ4v) is 2.15. The molecule has 106 valence electrons. The Kier molecular flexibility index (Phi) is 3.23. The van der Waals surface area contributed by atoms with E-state index in [2.05, 4.69) is 25.7 Å². The molecule has 21 heavy (non-hydrogen) atoms. The summed E-state index contributed by atoms with van der Waals surface area (Å²) >= 11 is 0. The summed E-state index contributed by atoms with van der Waals surface area (Å²) in [5.41, 5.74) is 0.493. The van der Waals surface area contributed by atoms with Crippen molar-refractivity contribution in [1.29, 1.82) is 0 Å². The SMILES string of the molecule is CNc1ncc(C(=O)Nc2ncnn2C)c2ccccc12. The highest BCUT2D eigenvalue weighted by Crippen LogP contribution is 2.24. The molecule has 0 atom stereocenters. The summed E-state index contributed by atoms with van der Waals surface area (Å²) < 4.78 is 1.50. The van der Waals surface area contributed by atoms with Gasteiger partial charge in [-0.3, -0.25) is 10.1 Å². The number of carbonyl (C=O) groups excluding carboxylic acids is 1. The first-order valence-electron chi connectivity index (χ1n) is 6.41. The monoisotopic (exact) mass is 282 g/mol. The summed E-state index contributed by atoms with van der Waals surface area (Å²) in [5, 5.41) is 11.4. The number of amides is 1. The van der Waals surface area contributed by atoms with Crippen molar-refractivity contribution in [3.63, 3.8) is 0 Å². The van der Waals surface area contributed by atoms with Gasteiger partial charge in [-0.1, -0.05) is 24.3 Å². The van der Waals surface area contributed by atoms with E-state index in [1.54, 1.807) is 20.3 Å². The summed E-state index contributed by atoms with van der Waals surface area (Å²) in [6, 6.07) is 7.62. The molecule has 2 heterocycles. The Morgan fingerprint density at radius 1 is 1.19 bits per heavy atom. The fourth-order valence-electron chi connectivity index (χ4n) is 2.15. The topological polar surface area (TPSA) is 84.7 Å². The largest absolute Gasteiger partial charge is 0.373 e. The van der Waals surface area contributed by atoms with Crippen molar-refractivity contribution in [3.8, 4) is 0 Å². The molecule has 1 aromatic carbocycles. The zero-order valence-electron chi connectivity index (χ0n) is 11.7. The Bertz CT molecular complexity index is 810. The standard InChI is InChI=1S/C14H14N6O/c1-15-12-10-6-4-3-5-9(10)11(7-16-12)13(21)19-14-17-8-18-20(14)2/h3-8H,1-2H3,(H,15,16)(H,17,18,19,21). The minimum atomic E-state index is -0.266. The highest BCUT2D eigenvalue weighted by Gasteiger charge is 2.14. The number of hydrogen-bond acceptors (Lipinski definition) is 5. The van der Waals surface area contributed by atoms with Crippen molar-refractivity contribution < 1.29 is 4.79 Å². The minimum Gasteiger partial charge on any atom is -0.373 e. The molecule has 0 aliphatic carbocycles. The van der Waals surface area contributed by atoms with Crippen LogP contribution in [0.5, 0.6) is 0 Å². The highest BCUT2D eigenvalue weighted by atomic mass is 16.1. The molecule has 1 amide bonds. The van der Waals surface area contributed by atoms with Crippen molar-refractivity contribution in [3.05, 3.63) is 42.4 Å². The summed E-state index contributed by atoms with van der Waals surface area (Å²) in [7, 11) is 3.51. The normalized spacial score (nSPS) is 10.6. The Balaban J connectivity index is 2.04. The van der Waals surface area contributed by atoms with Crippen molar-refractivity contribution >= 4 is 28.4 Å². The van der Waals surface area contributed by atoms with E-state index < -0.39 is 0 Å². The van der Waals surface area contributed by atoms with Gasteiger partial charge in [0.05, 0.1) is 5.56 Å². The van der Waals surface area contributed by atoms with Gasteiger partial charge in [-0.2, -0.15) is 10.1 Å². The molecule has 3 rings (SSSR count). The highest BCUT2D eigenvalue weighted by molar-refractivity contribution is 6.13. The van der Waals surface area contributed by atoms with Crippen LogP contribution in [0.25, 0.3) is 10.8 Å². The predicted molar refractivity (Wildman–Crippen MR) is 80.2 cm³/mol. The summed E-state index contributed by atoms with van der Waals surface area (Å²) in [5.74, 6) is 0.861. The zero-order valence-corrected chi connectivity index (χ0v) is 11.7. The molecule has 0 saturated carbocycles. The van der Waals surface area contributed by atoms with Crippen LogP contribution in [0.15, 0.2) is 36.8 Å². The molecule has 0 spiro atoms. The Morgan fingerprint density at radius 2 is 1.95 bits per heavy atom. The Labute approximate surface area is 121 Å². The van der Waals surface area contributed by atoms with Gasteiger partial charge in [0.1, 0.15) is 12.1 Å². The second-order valence-electron chi connectivity index (χ2n) is 4.48. The molecular weight excluding hydrogens is 268 g/mol. The maximum absolute atomic E-state index is 12.4. The summed E-state index contributed by atoms with van der Waals surface area (Å²) in [4.78, 5) is 20.7. The van der Waals surface area contributed by atoms with Gasteiger partial charge >= 0.3 is 0 Å². The maximum atomic E-state index is 12.4. The first-order valence-corrected chi connectivity index (χ1v) is 6.41. The second-order valence-corrected chi connectivity index (χ2v) is 4.48. The predicted octanol–water partition coefficient (Wildman–Crippen LogP) is 1.66. The average Bonchev–Trinajstić information content (AvgIpc) is 2.91. The van der Waals surface area contributed by atoms with E-state index in [1.165, 1.54) is 11.0 Å². The lowest BCUT2D eigenvalue weighted by molar-refractivity contribution is 0.102. The fraction of sp³-hybridized carbons (Fsp3) is 0.143. The lowest BCUT2D eigenvalue weighted by Gasteiger charge is -2.10. The van der Waals surface area contributed by atoms with Gasteiger partial charge in [0.2, 0.25) is 5.95 Å². The van der Waals surface area contributed by atoms with E-state index in [4.69, 9.17) is 0 Å². The van der Waals surface area contributed by atoms with Crippen LogP contribution in [0.1, 0.15) is 10.4 Å². The number of anilines is 2. The quantitative estimate of drug-likeness (QED) is 0.763.